The molecule has 0 saturated carbocycles. The molecular formula is C30H30FN3O6. The number of methoxy groups -OCH3 is 2. The number of hydrogen-bond acceptors (Lipinski definition) is 6. The molecule has 40 heavy (non-hydrogen) atoms. The number of benzene rings is 3. The molecule has 2 atom stereocenters. The summed E-state index contributed by atoms with van der Waals surface area (Å²) in [5.74, 6) is -0.903. The summed E-state index contributed by atoms with van der Waals surface area (Å²) in [6.45, 7) is -0.334. The fraction of sp³-hybridized carbons (Fsp3) is 0.267. The molecule has 5 rings (SSSR count). The lowest BCUT2D eigenvalue weighted by molar-refractivity contribution is -0.131. The molecule has 10 heteroatoms. The number of aryl methyl sites for hydroxylation is 2. The second-order valence-corrected chi connectivity index (χ2v) is 9.62. The number of para-hydroxylation sites is 1. The van der Waals surface area contributed by atoms with Gasteiger partial charge in [0.1, 0.15) is 5.75 Å². The van der Waals surface area contributed by atoms with E-state index in [4.69, 9.17) is 19.9 Å². The van der Waals surface area contributed by atoms with Gasteiger partial charge in [-0.15, -0.1) is 0 Å². The van der Waals surface area contributed by atoms with Crippen LogP contribution in [0.4, 0.5) is 4.39 Å². The van der Waals surface area contributed by atoms with E-state index >= 15 is 0 Å². The van der Waals surface area contributed by atoms with Gasteiger partial charge in [-0.2, -0.15) is 4.39 Å². The Hall–Kier alpha value is -4.57. The lowest BCUT2D eigenvalue weighted by Gasteiger charge is -2.25. The van der Waals surface area contributed by atoms with Crippen LogP contribution in [-0.4, -0.2) is 55.1 Å². The number of alkyl halides is 1. The highest BCUT2D eigenvalue weighted by molar-refractivity contribution is 5.99. The van der Waals surface area contributed by atoms with Crippen LogP contribution in [0, 0.1) is 0 Å². The Labute approximate surface area is 230 Å². The van der Waals surface area contributed by atoms with Crippen LogP contribution in [0.2, 0.25) is 0 Å². The Morgan fingerprint density at radius 2 is 1.68 bits per heavy atom. The van der Waals surface area contributed by atoms with Crippen LogP contribution in [0.3, 0.4) is 0 Å². The highest BCUT2D eigenvalue weighted by Gasteiger charge is 2.27. The number of carbonyl (C=O) groups excluding carboxylic acids is 2. The number of aliphatic hydroxyl groups excluding tert-OH is 1. The molecule has 9 nitrogen and oxygen atoms in total. The molecule has 5 N–H and O–H groups in total. The van der Waals surface area contributed by atoms with Gasteiger partial charge in [-0.1, -0.05) is 18.2 Å². The Morgan fingerprint density at radius 3 is 2.35 bits per heavy atom. The van der Waals surface area contributed by atoms with E-state index in [1.165, 1.54) is 7.11 Å². The number of halogens is 1. The summed E-state index contributed by atoms with van der Waals surface area (Å²) < 4.78 is 30.5. The number of ether oxygens (including phenoxy) is 3. The maximum atomic E-state index is 14.3. The molecule has 0 radical (unpaired) electrons. The van der Waals surface area contributed by atoms with E-state index in [9.17, 15) is 19.1 Å². The van der Waals surface area contributed by atoms with Gasteiger partial charge in [-0.05, 0) is 77.4 Å². The molecule has 208 valence electrons. The average Bonchev–Trinajstić information content (AvgIpc) is 3.37. The topological polar surface area (TPSA) is 136 Å². The van der Waals surface area contributed by atoms with Crippen LogP contribution in [0.5, 0.6) is 17.2 Å². The largest absolute Gasteiger partial charge is 0.493 e. The Morgan fingerprint density at radius 1 is 1.02 bits per heavy atom. The highest BCUT2D eigenvalue weighted by Crippen LogP contribution is 2.42. The molecule has 0 saturated heterocycles. The first-order valence-corrected chi connectivity index (χ1v) is 12.8. The number of hydrogen-bond donors (Lipinski definition) is 4. The molecule has 0 aliphatic heterocycles. The van der Waals surface area contributed by atoms with Crippen molar-refractivity contribution in [3.8, 4) is 28.4 Å². The zero-order chi connectivity index (χ0) is 28.4. The number of primary amides is 1. The maximum absolute atomic E-state index is 14.3. The Bertz CT molecular complexity index is 1580. The van der Waals surface area contributed by atoms with Crippen molar-refractivity contribution in [3.63, 3.8) is 0 Å². The number of amides is 2. The van der Waals surface area contributed by atoms with Gasteiger partial charge in [-0.25, -0.2) is 0 Å². The van der Waals surface area contributed by atoms with Gasteiger partial charge >= 0.3 is 6.36 Å². The summed E-state index contributed by atoms with van der Waals surface area (Å²) in [5.41, 5.74) is 10.3. The SMILES string of the molecule is COc1cc2c(cc1OC)-c1cc(C(=O)NC(CO)Cc3c[nH]c4ccccc34)c(OC(F)C(N)=O)cc1CC2. The minimum Gasteiger partial charge on any atom is -0.493 e. The summed E-state index contributed by atoms with van der Waals surface area (Å²) in [6, 6.07) is 14.0. The monoisotopic (exact) mass is 547 g/mol. The summed E-state index contributed by atoms with van der Waals surface area (Å²) in [4.78, 5) is 28.2. The molecule has 0 spiro atoms. The molecule has 4 aromatic rings. The van der Waals surface area contributed by atoms with Gasteiger partial charge in [-0.3, -0.25) is 9.59 Å². The number of nitrogens with one attached hydrogen (secondary N) is 2. The van der Waals surface area contributed by atoms with Gasteiger partial charge < -0.3 is 35.4 Å². The standard InChI is InChI=1S/C30H30FN3O6/c1-38-26-11-17-8-7-16-10-25(40-28(31)29(32)36)23(12-21(16)22(17)13-27(26)39-2)30(37)34-19(15-35)9-18-14-33-24-6-4-3-5-20(18)24/h3-6,10-14,19,28,33,35H,7-9,15H2,1-2H3,(H2,32,36)(H,34,37). The third kappa shape index (κ3) is 5.17. The minimum atomic E-state index is -2.44. The summed E-state index contributed by atoms with van der Waals surface area (Å²) in [7, 11) is 3.10. The van der Waals surface area contributed by atoms with Gasteiger partial charge in [0.15, 0.2) is 11.5 Å². The second kappa shape index (κ2) is 11.3. The first-order valence-electron chi connectivity index (χ1n) is 12.8. The number of rotatable bonds is 10. The van der Waals surface area contributed by atoms with Crippen molar-refractivity contribution < 1.29 is 33.3 Å². The van der Waals surface area contributed by atoms with Crippen LogP contribution in [-0.2, 0) is 24.1 Å². The van der Waals surface area contributed by atoms with Crippen LogP contribution in [0.15, 0.2) is 54.7 Å². The van der Waals surface area contributed by atoms with E-state index in [0.29, 0.717) is 30.8 Å². The van der Waals surface area contributed by atoms with E-state index in [2.05, 4.69) is 10.3 Å². The predicted molar refractivity (Wildman–Crippen MR) is 147 cm³/mol. The Balaban J connectivity index is 1.51. The minimum absolute atomic E-state index is 0.00246. The maximum Gasteiger partial charge on any atom is 0.316 e. The number of nitrogens with two attached hydrogens (primary N) is 1. The van der Waals surface area contributed by atoms with E-state index < -0.39 is 24.2 Å². The van der Waals surface area contributed by atoms with E-state index in [0.717, 1.165) is 38.7 Å². The summed E-state index contributed by atoms with van der Waals surface area (Å²) >= 11 is 0. The van der Waals surface area contributed by atoms with E-state index in [-0.39, 0.29) is 17.9 Å². The number of aromatic amines is 1. The van der Waals surface area contributed by atoms with Gasteiger partial charge in [0, 0.05) is 17.1 Å². The zero-order valence-corrected chi connectivity index (χ0v) is 22.1. The first kappa shape index (κ1) is 27.0. The number of aliphatic hydroxyl groups is 1. The lowest BCUT2D eigenvalue weighted by atomic mass is 9.84. The molecule has 2 amide bonds. The fourth-order valence-corrected chi connectivity index (χ4v) is 5.16. The van der Waals surface area contributed by atoms with Gasteiger partial charge in [0.25, 0.3) is 11.8 Å². The second-order valence-electron chi connectivity index (χ2n) is 9.62. The molecule has 2 unspecified atom stereocenters. The van der Waals surface area contributed by atoms with Crippen molar-refractivity contribution in [2.75, 3.05) is 20.8 Å². The average molecular weight is 548 g/mol. The predicted octanol–water partition coefficient (Wildman–Crippen LogP) is 3.44. The summed E-state index contributed by atoms with van der Waals surface area (Å²) in [5, 5.41) is 13.9. The summed E-state index contributed by atoms with van der Waals surface area (Å²) in [6.07, 6.45) is 1.000. The zero-order valence-electron chi connectivity index (χ0n) is 22.1. The fourth-order valence-electron chi connectivity index (χ4n) is 5.16. The molecule has 1 aliphatic carbocycles. The molecular weight excluding hydrogens is 517 g/mol. The van der Waals surface area contributed by atoms with Crippen LogP contribution in [0.1, 0.15) is 27.0 Å². The third-order valence-corrected chi connectivity index (χ3v) is 7.16. The van der Waals surface area contributed by atoms with Crippen molar-refractivity contribution in [2.24, 2.45) is 5.73 Å². The highest BCUT2D eigenvalue weighted by atomic mass is 19.1. The molecule has 0 bridgehead atoms. The third-order valence-electron chi connectivity index (χ3n) is 7.16. The van der Waals surface area contributed by atoms with E-state index in [1.807, 2.05) is 42.6 Å². The van der Waals surface area contributed by atoms with Crippen LogP contribution >= 0.6 is 0 Å². The quantitative estimate of drug-likeness (QED) is 0.240. The van der Waals surface area contributed by atoms with Crippen molar-refractivity contribution in [3.05, 3.63) is 77.0 Å². The number of H-pyrrole nitrogens is 1. The molecule has 1 aliphatic rings. The van der Waals surface area contributed by atoms with Crippen LogP contribution in [0.25, 0.3) is 22.0 Å². The van der Waals surface area contributed by atoms with Gasteiger partial charge in [0.05, 0.1) is 32.4 Å². The van der Waals surface area contributed by atoms with Crippen molar-refractivity contribution in [1.82, 2.24) is 10.3 Å². The smallest absolute Gasteiger partial charge is 0.316 e. The lowest BCUT2D eigenvalue weighted by Crippen LogP contribution is -2.39. The Kier molecular flexibility index (Phi) is 7.61. The molecule has 0 fully saturated rings. The first-order chi connectivity index (χ1) is 19.3. The van der Waals surface area contributed by atoms with E-state index in [1.54, 1.807) is 19.2 Å². The van der Waals surface area contributed by atoms with Crippen LogP contribution < -0.4 is 25.3 Å². The molecule has 1 heterocycles. The van der Waals surface area contributed by atoms with Crippen molar-refractivity contribution in [1.29, 1.82) is 0 Å². The molecule has 3 aromatic carbocycles. The van der Waals surface area contributed by atoms with Crippen molar-refractivity contribution >= 4 is 22.7 Å². The van der Waals surface area contributed by atoms with Gasteiger partial charge in [0.2, 0.25) is 0 Å². The van der Waals surface area contributed by atoms with Crippen molar-refractivity contribution in [2.45, 2.75) is 31.7 Å². The normalized spacial score (nSPS) is 13.6. The number of carbonyl (C=O) groups is 2. The molecule has 1 aromatic heterocycles. The number of aromatic nitrogens is 1. The number of fused-ring (bicyclic) bond motifs is 4.